The maximum absolute atomic E-state index is 13.5. The van der Waals surface area contributed by atoms with Gasteiger partial charge in [0.25, 0.3) is 11.5 Å². The number of halogens is 2. The molecular formula is C21H19F2N5O5S. The minimum absolute atomic E-state index is 0.00669. The predicted octanol–water partition coefficient (Wildman–Crippen LogP) is 0.307. The molecule has 0 unspecified atom stereocenters. The van der Waals surface area contributed by atoms with Crippen molar-refractivity contribution in [3.63, 3.8) is 0 Å². The zero-order valence-corrected chi connectivity index (χ0v) is 18.5. The minimum Gasteiger partial charge on any atom is -0.364 e. The molecule has 34 heavy (non-hydrogen) atoms. The predicted molar refractivity (Wildman–Crippen MR) is 116 cm³/mol. The molecular weight excluding hydrogens is 472 g/mol. The zero-order valence-electron chi connectivity index (χ0n) is 17.6. The van der Waals surface area contributed by atoms with E-state index in [4.69, 9.17) is 5.73 Å². The number of amides is 2. The number of hydrogen-bond donors (Lipinski definition) is 1. The van der Waals surface area contributed by atoms with Crippen LogP contribution in [0.1, 0.15) is 10.5 Å². The van der Waals surface area contributed by atoms with E-state index < -0.39 is 50.5 Å². The standard InChI is InChI=1S/C21H19F2N5O5S/c22-16-6-5-13(11-17(16)23)34(32,33)27-9-7-26(8-10-27)18(29)12-28-21(31)15-4-2-1-3-14(15)19(25-28)20(24)30/h1-6,11H,7-10,12H2,(H2,24,30). The number of rotatable bonds is 5. The van der Waals surface area contributed by atoms with Crippen LogP contribution in [0.3, 0.4) is 0 Å². The molecule has 1 fully saturated rings. The number of carbonyl (C=O) groups is 2. The van der Waals surface area contributed by atoms with Gasteiger partial charge in [-0.1, -0.05) is 18.2 Å². The lowest BCUT2D eigenvalue weighted by atomic mass is 10.1. The van der Waals surface area contributed by atoms with E-state index >= 15 is 0 Å². The van der Waals surface area contributed by atoms with Crippen LogP contribution in [-0.2, 0) is 21.4 Å². The van der Waals surface area contributed by atoms with Crippen LogP contribution >= 0.6 is 0 Å². The minimum atomic E-state index is -4.09. The lowest BCUT2D eigenvalue weighted by molar-refractivity contribution is -0.133. The van der Waals surface area contributed by atoms with Gasteiger partial charge in [-0.05, 0) is 24.3 Å². The van der Waals surface area contributed by atoms with Crippen molar-refractivity contribution in [2.45, 2.75) is 11.4 Å². The number of aromatic nitrogens is 2. The van der Waals surface area contributed by atoms with Gasteiger partial charge in [-0.3, -0.25) is 14.4 Å². The van der Waals surface area contributed by atoms with E-state index in [-0.39, 0.29) is 42.6 Å². The van der Waals surface area contributed by atoms with Crippen LogP contribution in [0.4, 0.5) is 8.78 Å². The number of nitrogens with two attached hydrogens (primary N) is 1. The molecule has 2 heterocycles. The highest BCUT2D eigenvalue weighted by Gasteiger charge is 2.31. The van der Waals surface area contributed by atoms with Gasteiger partial charge in [0.15, 0.2) is 17.3 Å². The Morgan fingerprint density at radius 3 is 2.24 bits per heavy atom. The van der Waals surface area contributed by atoms with Crippen molar-refractivity contribution < 1.29 is 26.8 Å². The molecule has 0 saturated carbocycles. The number of carbonyl (C=O) groups excluding carboxylic acids is 2. The summed E-state index contributed by atoms with van der Waals surface area (Å²) in [5.41, 5.74) is 4.65. The third-order valence-corrected chi connectivity index (χ3v) is 7.40. The summed E-state index contributed by atoms with van der Waals surface area (Å²) >= 11 is 0. The monoisotopic (exact) mass is 491 g/mol. The molecule has 0 spiro atoms. The van der Waals surface area contributed by atoms with Gasteiger partial charge in [0.1, 0.15) is 6.54 Å². The summed E-state index contributed by atoms with van der Waals surface area (Å²) in [6.07, 6.45) is 0. The van der Waals surface area contributed by atoms with Crippen molar-refractivity contribution in [2.75, 3.05) is 26.2 Å². The molecule has 2 amide bonds. The van der Waals surface area contributed by atoms with Crippen LogP contribution in [0.15, 0.2) is 52.2 Å². The summed E-state index contributed by atoms with van der Waals surface area (Å²) in [4.78, 5) is 38.3. The topological polar surface area (TPSA) is 136 Å². The molecule has 10 nitrogen and oxygen atoms in total. The number of piperazine rings is 1. The van der Waals surface area contributed by atoms with Crippen LogP contribution in [-0.4, -0.2) is 65.4 Å². The Labute approximate surface area is 192 Å². The first-order chi connectivity index (χ1) is 16.1. The van der Waals surface area contributed by atoms with Crippen LogP contribution in [0, 0.1) is 11.6 Å². The average molecular weight is 491 g/mol. The average Bonchev–Trinajstić information content (AvgIpc) is 2.82. The van der Waals surface area contributed by atoms with Crippen molar-refractivity contribution in [1.29, 1.82) is 0 Å². The molecule has 0 radical (unpaired) electrons. The Kier molecular flexibility index (Phi) is 6.15. The molecule has 13 heteroatoms. The van der Waals surface area contributed by atoms with Gasteiger partial charge in [-0.25, -0.2) is 21.9 Å². The summed E-state index contributed by atoms with van der Waals surface area (Å²) in [7, 11) is -4.09. The van der Waals surface area contributed by atoms with Crippen molar-refractivity contribution in [1.82, 2.24) is 19.0 Å². The SMILES string of the molecule is NC(=O)c1nn(CC(=O)N2CCN(S(=O)(=O)c3ccc(F)c(F)c3)CC2)c(=O)c2ccccc12. The first-order valence-corrected chi connectivity index (χ1v) is 11.6. The summed E-state index contributed by atoms with van der Waals surface area (Å²) < 4.78 is 54.0. The van der Waals surface area contributed by atoms with E-state index in [1.54, 1.807) is 12.1 Å². The Hall–Kier alpha value is -3.71. The maximum Gasteiger partial charge on any atom is 0.275 e. The Morgan fingerprint density at radius 2 is 1.62 bits per heavy atom. The largest absolute Gasteiger partial charge is 0.364 e. The molecule has 4 rings (SSSR count). The highest BCUT2D eigenvalue weighted by molar-refractivity contribution is 7.89. The van der Waals surface area contributed by atoms with Gasteiger partial charge in [-0.2, -0.15) is 9.40 Å². The van der Waals surface area contributed by atoms with E-state index in [1.807, 2.05) is 0 Å². The highest BCUT2D eigenvalue weighted by atomic mass is 32.2. The summed E-state index contributed by atoms with van der Waals surface area (Å²) in [6.45, 7) is -0.626. The van der Waals surface area contributed by atoms with Crippen molar-refractivity contribution in [3.8, 4) is 0 Å². The smallest absolute Gasteiger partial charge is 0.275 e. The molecule has 2 aromatic carbocycles. The van der Waals surface area contributed by atoms with Crippen LogP contribution < -0.4 is 11.3 Å². The number of fused-ring (bicyclic) bond motifs is 1. The van der Waals surface area contributed by atoms with E-state index in [2.05, 4.69) is 5.10 Å². The Bertz CT molecular complexity index is 1470. The lowest BCUT2D eigenvalue weighted by Gasteiger charge is -2.34. The number of primary amides is 1. The molecule has 1 aliphatic heterocycles. The number of nitrogens with zero attached hydrogens (tertiary/aromatic N) is 4. The fourth-order valence-electron chi connectivity index (χ4n) is 3.72. The third kappa shape index (κ3) is 4.26. The molecule has 0 bridgehead atoms. The Morgan fingerprint density at radius 1 is 0.971 bits per heavy atom. The molecule has 2 N–H and O–H groups in total. The number of benzene rings is 2. The summed E-state index contributed by atoms with van der Waals surface area (Å²) in [6, 6.07) is 8.57. The fourth-order valence-corrected chi connectivity index (χ4v) is 5.15. The molecule has 178 valence electrons. The summed E-state index contributed by atoms with van der Waals surface area (Å²) in [5.74, 6) is -3.80. The second-order valence-corrected chi connectivity index (χ2v) is 9.52. The van der Waals surface area contributed by atoms with Gasteiger partial charge in [-0.15, -0.1) is 0 Å². The fraction of sp³-hybridized carbons (Fsp3) is 0.238. The molecule has 1 saturated heterocycles. The van der Waals surface area contributed by atoms with Crippen molar-refractivity contribution >= 4 is 32.6 Å². The maximum atomic E-state index is 13.5. The van der Waals surface area contributed by atoms with E-state index in [0.29, 0.717) is 6.07 Å². The molecule has 1 aliphatic rings. The first kappa shape index (κ1) is 23.4. The van der Waals surface area contributed by atoms with Crippen LogP contribution in [0.2, 0.25) is 0 Å². The van der Waals surface area contributed by atoms with Crippen molar-refractivity contribution in [2.24, 2.45) is 5.73 Å². The lowest BCUT2D eigenvalue weighted by Crippen LogP contribution is -2.51. The van der Waals surface area contributed by atoms with Gasteiger partial charge in [0.2, 0.25) is 15.9 Å². The third-order valence-electron chi connectivity index (χ3n) is 5.51. The Balaban J connectivity index is 1.50. The quantitative estimate of drug-likeness (QED) is 0.546. The van der Waals surface area contributed by atoms with Crippen molar-refractivity contribution in [3.05, 3.63) is 70.1 Å². The molecule has 0 aliphatic carbocycles. The second-order valence-electron chi connectivity index (χ2n) is 7.58. The van der Waals surface area contributed by atoms with Crippen LogP contribution in [0.25, 0.3) is 10.8 Å². The van der Waals surface area contributed by atoms with Crippen LogP contribution in [0.5, 0.6) is 0 Å². The number of sulfonamides is 1. The highest BCUT2D eigenvalue weighted by Crippen LogP contribution is 2.20. The van der Waals surface area contributed by atoms with E-state index in [0.717, 1.165) is 21.1 Å². The normalized spacial score (nSPS) is 14.9. The molecule has 3 aromatic rings. The molecule has 0 atom stereocenters. The van der Waals surface area contributed by atoms with Gasteiger partial charge < -0.3 is 10.6 Å². The van der Waals surface area contributed by atoms with E-state index in [1.165, 1.54) is 17.0 Å². The summed E-state index contributed by atoms with van der Waals surface area (Å²) in [5, 5.41) is 4.41. The number of hydrogen-bond acceptors (Lipinski definition) is 6. The van der Waals surface area contributed by atoms with Gasteiger partial charge in [0, 0.05) is 31.6 Å². The first-order valence-electron chi connectivity index (χ1n) is 10.1. The van der Waals surface area contributed by atoms with E-state index in [9.17, 15) is 31.6 Å². The molecule has 1 aromatic heterocycles. The zero-order chi connectivity index (χ0) is 24.6. The van der Waals surface area contributed by atoms with Gasteiger partial charge >= 0.3 is 0 Å². The van der Waals surface area contributed by atoms with Gasteiger partial charge in [0.05, 0.1) is 10.3 Å². The second kappa shape index (κ2) is 8.91.